The summed E-state index contributed by atoms with van der Waals surface area (Å²) in [6, 6.07) is 4.36. The quantitative estimate of drug-likeness (QED) is 0.610. The number of carbonyl (C=O) groups is 1. The number of likely N-dealkylation sites (tertiary alicyclic amines) is 1. The molecule has 1 N–H and O–H groups in total. The van der Waals surface area contributed by atoms with Crippen LogP contribution in [0.4, 0.5) is 0 Å². The van der Waals surface area contributed by atoms with Crippen LogP contribution in [-0.4, -0.2) is 48.8 Å². The zero-order valence-corrected chi connectivity index (χ0v) is 18.5. The minimum atomic E-state index is -0.716. The van der Waals surface area contributed by atoms with Crippen LogP contribution in [0.3, 0.4) is 0 Å². The normalized spacial score (nSPS) is 21.4. The summed E-state index contributed by atoms with van der Waals surface area (Å²) in [5, 5.41) is 8.92. The van der Waals surface area contributed by atoms with Gasteiger partial charge in [0, 0.05) is 23.1 Å². The monoisotopic (exact) mass is 415 g/mol. The summed E-state index contributed by atoms with van der Waals surface area (Å²) in [4.78, 5) is 13.1. The fraction of sp³-hybridized carbons (Fsp3) is 0.720. The zero-order chi connectivity index (χ0) is 21.0. The van der Waals surface area contributed by atoms with Gasteiger partial charge < -0.3 is 19.5 Å². The largest absolute Gasteiger partial charge is 0.493 e. The van der Waals surface area contributed by atoms with Gasteiger partial charge in [0.1, 0.15) is 11.5 Å². The van der Waals surface area contributed by atoms with Gasteiger partial charge in [0.05, 0.1) is 19.6 Å². The first-order valence-corrected chi connectivity index (χ1v) is 11.9. The van der Waals surface area contributed by atoms with Crippen molar-refractivity contribution in [2.24, 2.45) is 5.92 Å². The molecule has 5 heteroatoms. The number of ether oxygens (including phenoxy) is 2. The lowest BCUT2D eigenvalue weighted by molar-refractivity contribution is -0.137. The van der Waals surface area contributed by atoms with Crippen molar-refractivity contribution in [3.8, 4) is 11.5 Å². The molecule has 2 fully saturated rings. The van der Waals surface area contributed by atoms with E-state index in [9.17, 15) is 4.79 Å². The third-order valence-electron chi connectivity index (χ3n) is 7.61. The number of piperidine rings is 1. The fourth-order valence-corrected chi connectivity index (χ4v) is 5.62. The van der Waals surface area contributed by atoms with Gasteiger partial charge in [0.2, 0.25) is 0 Å². The third kappa shape index (κ3) is 4.77. The molecule has 1 aromatic carbocycles. The molecule has 0 amide bonds. The van der Waals surface area contributed by atoms with Gasteiger partial charge in [0.15, 0.2) is 0 Å². The number of carboxylic acids is 1. The van der Waals surface area contributed by atoms with E-state index in [1.807, 2.05) is 0 Å². The standard InChI is InChI=1S/C25H37NO4/c1-19-22(29-17-5-8-20-6-3-2-4-7-20)10-9-21-24(19)30-18-25(21)12-15-26(16-13-25)14-11-23(27)28/h9-10,20H,2-8,11-18H2,1H3,(H,27,28). The molecular formula is C25H37NO4. The Morgan fingerprint density at radius 3 is 2.73 bits per heavy atom. The number of hydrogen-bond donors (Lipinski definition) is 1. The Morgan fingerprint density at radius 2 is 2.00 bits per heavy atom. The van der Waals surface area contributed by atoms with E-state index in [4.69, 9.17) is 14.6 Å². The van der Waals surface area contributed by atoms with Gasteiger partial charge in [-0.1, -0.05) is 38.2 Å². The van der Waals surface area contributed by atoms with E-state index in [0.717, 1.165) is 68.5 Å². The van der Waals surface area contributed by atoms with E-state index in [1.54, 1.807) is 0 Å². The Kier molecular flexibility index (Phi) is 6.87. The predicted molar refractivity (Wildman–Crippen MR) is 118 cm³/mol. The number of benzene rings is 1. The molecule has 0 aromatic heterocycles. The van der Waals surface area contributed by atoms with E-state index in [0.29, 0.717) is 6.54 Å². The van der Waals surface area contributed by atoms with Crippen molar-refractivity contribution in [2.75, 3.05) is 32.8 Å². The van der Waals surface area contributed by atoms with Crippen molar-refractivity contribution in [2.45, 2.75) is 76.5 Å². The van der Waals surface area contributed by atoms with Crippen molar-refractivity contribution >= 4 is 5.97 Å². The molecule has 166 valence electrons. The summed E-state index contributed by atoms with van der Waals surface area (Å²) < 4.78 is 12.4. The summed E-state index contributed by atoms with van der Waals surface area (Å²) in [6.45, 7) is 6.17. The van der Waals surface area contributed by atoms with Crippen LogP contribution < -0.4 is 9.47 Å². The summed E-state index contributed by atoms with van der Waals surface area (Å²) in [7, 11) is 0. The maximum atomic E-state index is 10.8. The Hall–Kier alpha value is -1.75. The molecule has 1 saturated carbocycles. The van der Waals surface area contributed by atoms with Crippen molar-refractivity contribution in [1.82, 2.24) is 4.90 Å². The maximum Gasteiger partial charge on any atom is 0.304 e. The molecule has 2 aliphatic heterocycles. The summed E-state index contributed by atoms with van der Waals surface area (Å²) in [5.41, 5.74) is 2.54. The van der Waals surface area contributed by atoms with Crippen LogP contribution in [0.15, 0.2) is 12.1 Å². The minimum absolute atomic E-state index is 0.0827. The molecule has 3 aliphatic rings. The third-order valence-corrected chi connectivity index (χ3v) is 7.61. The summed E-state index contributed by atoms with van der Waals surface area (Å²) >= 11 is 0. The lowest BCUT2D eigenvalue weighted by Crippen LogP contribution is -2.44. The van der Waals surface area contributed by atoms with Crippen LogP contribution in [0.2, 0.25) is 0 Å². The van der Waals surface area contributed by atoms with E-state index in [-0.39, 0.29) is 11.8 Å². The van der Waals surface area contributed by atoms with Gasteiger partial charge in [-0.15, -0.1) is 0 Å². The second kappa shape index (κ2) is 9.59. The van der Waals surface area contributed by atoms with E-state index < -0.39 is 5.97 Å². The summed E-state index contributed by atoms with van der Waals surface area (Å²) in [5.74, 6) is 2.19. The highest BCUT2D eigenvalue weighted by atomic mass is 16.5. The molecule has 4 rings (SSSR count). The van der Waals surface area contributed by atoms with Crippen molar-refractivity contribution in [3.63, 3.8) is 0 Å². The van der Waals surface area contributed by atoms with E-state index >= 15 is 0 Å². The van der Waals surface area contributed by atoms with Gasteiger partial charge >= 0.3 is 5.97 Å². The Balaban J connectivity index is 1.31. The van der Waals surface area contributed by atoms with Crippen LogP contribution >= 0.6 is 0 Å². The second-order valence-corrected chi connectivity index (χ2v) is 9.61. The van der Waals surface area contributed by atoms with Gasteiger partial charge in [-0.2, -0.15) is 0 Å². The fourth-order valence-electron chi connectivity index (χ4n) is 5.62. The SMILES string of the molecule is Cc1c(OCCCC2CCCCC2)ccc2c1OCC21CCN(CCC(=O)O)CC1. The number of fused-ring (bicyclic) bond motifs is 2. The number of rotatable bonds is 8. The molecular weight excluding hydrogens is 378 g/mol. The highest BCUT2D eigenvalue weighted by molar-refractivity contribution is 5.66. The molecule has 2 heterocycles. The van der Waals surface area contributed by atoms with Gasteiger partial charge in [-0.05, 0) is 57.7 Å². The zero-order valence-electron chi connectivity index (χ0n) is 18.5. The van der Waals surface area contributed by atoms with Crippen LogP contribution in [0.5, 0.6) is 11.5 Å². The first kappa shape index (κ1) is 21.5. The smallest absolute Gasteiger partial charge is 0.304 e. The van der Waals surface area contributed by atoms with Gasteiger partial charge in [-0.3, -0.25) is 4.79 Å². The van der Waals surface area contributed by atoms with E-state index in [2.05, 4.69) is 24.0 Å². The first-order valence-electron chi connectivity index (χ1n) is 11.9. The molecule has 30 heavy (non-hydrogen) atoms. The molecule has 1 aliphatic carbocycles. The first-order chi connectivity index (χ1) is 14.6. The highest BCUT2D eigenvalue weighted by Crippen LogP contribution is 2.48. The lowest BCUT2D eigenvalue weighted by atomic mass is 9.74. The molecule has 1 aromatic rings. The number of nitrogens with zero attached hydrogens (tertiary/aromatic N) is 1. The average molecular weight is 416 g/mol. The molecule has 5 nitrogen and oxygen atoms in total. The molecule has 0 unspecified atom stereocenters. The second-order valence-electron chi connectivity index (χ2n) is 9.61. The highest BCUT2D eigenvalue weighted by Gasteiger charge is 2.43. The Labute approximate surface area is 180 Å². The lowest BCUT2D eigenvalue weighted by Gasteiger charge is -2.38. The number of aliphatic carboxylic acids is 1. The number of hydrogen-bond acceptors (Lipinski definition) is 4. The van der Waals surface area contributed by atoms with Crippen LogP contribution in [-0.2, 0) is 10.2 Å². The summed E-state index contributed by atoms with van der Waals surface area (Å²) in [6.07, 6.45) is 11.8. The van der Waals surface area contributed by atoms with Crippen LogP contribution in [0, 0.1) is 12.8 Å². The van der Waals surface area contributed by atoms with Gasteiger partial charge in [0.25, 0.3) is 0 Å². The van der Waals surface area contributed by atoms with Crippen molar-refractivity contribution in [1.29, 1.82) is 0 Å². The topological polar surface area (TPSA) is 59.0 Å². The van der Waals surface area contributed by atoms with Gasteiger partial charge in [-0.25, -0.2) is 0 Å². The van der Waals surface area contributed by atoms with Crippen molar-refractivity contribution in [3.05, 3.63) is 23.3 Å². The Bertz CT molecular complexity index is 733. The van der Waals surface area contributed by atoms with Crippen LogP contribution in [0.25, 0.3) is 0 Å². The van der Waals surface area contributed by atoms with Crippen molar-refractivity contribution < 1.29 is 19.4 Å². The molecule has 1 saturated heterocycles. The minimum Gasteiger partial charge on any atom is -0.493 e. The molecule has 0 bridgehead atoms. The predicted octanol–water partition coefficient (Wildman–Crippen LogP) is 4.94. The van der Waals surface area contributed by atoms with E-state index in [1.165, 1.54) is 44.1 Å². The molecule has 1 spiro atoms. The number of carboxylic acid groups (broad SMARTS) is 1. The Morgan fingerprint density at radius 1 is 1.23 bits per heavy atom. The molecule has 0 radical (unpaired) electrons. The maximum absolute atomic E-state index is 10.8. The average Bonchev–Trinajstić information content (AvgIpc) is 3.12. The van der Waals surface area contributed by atoms with Crippen LogP contribution in [0.1, 0.15) is 75.3 Å². The molecule has 0 atom stereocenters.